The Hall–Kier alpha value is -0.860. The Balaban J connectivity index is 2.20. The summed E-state index contributed by atoms with van der Waals surface area (Å²) >= 11 is 0. The minimum atomic E-state index is -0.592. The molecule has 0 heterocycles. The maximum atomic E-state index is 10.1. The van der Waals surface area contributed by atoms with Gasteiger partial charge in [0.15, 0.2) is 0 Å². The zero-order valence-electron chi connectivity index (χ0n) is 11.2. The predicted molar refractivity (Wildman–Crippen MR) is 73.1 cm³/mol. The molecule has 96 valence electrons. The first kappa shape index (κ1) is 14.2. The lowest BCUT2D eigenvalue weighted by Crippen LogP contribution is -2.39. The zero-order valence-corrected chi connectivity index (χ0v) is 11.2. The van der Waals surface area contributed by atoms with Gasteiger partial charge < -0.3 is 10.4 Å². The van der Waals surface area contributed by atoms with Gasteiger partial charge in [-0.15, -0.1) is 0 Å². The van der Waals surface area contributed by atoms with Crippen LogP contribution in [0.4, 0.5) is 0 Å². The van der Waals surface area contributed by atoms with Crippen molar-refractivity contribution in [1.82, 2.24) is 5.32 Å². The summed E-state index contributed by atoms with van der Waals surface area (Å²) in [4.78, 5) is 0. The molecule has 0 amide bonds. The summed E-state index contributed by atoms with van der Waals surface area (Å²) in [6, 6.07) is 10.4. The Morgan fingerprint density at radius 3 is 2.47 bits per heavy atom. The topological polar surface area (TPSA) is 32.3 Å². The summed E-state index contributed by atoms with van der Waals surface area (Å²) in [6.45, 7) is 7.76. The van der Waals surface area contributed by atoms with Gasteiger partial charge in [0.25, 0.3) is 0 Å². The van der Waals surface area contributed by atoms with E-state index in [-0.39, 0.29) is 0 Å². The van der Waals surface area contributed by atoms with Crippen LogP contribution in [0.5, 0.6) is 0 Å². The highest BCUT2D eigenvalue weighted by atomic mass is 16.3. The van der Waals surface area contributed by atoms with Crippen molar-refractivity contribution in [2.24, 2.45) is 5.92 Å². The van der Waals surface area contributed by atoms with Crippen LogP contribution in [0, 0.1) is 5.92 Å². The first-order valence-electron chi connectivity index (χ1n) is 6.47. The van der Waals surface area contributed by atoms with Gasteiger partial charge in [-0.05, 0) is 37.8 Å². The van der Waals surface area contributed by atoms with Crippen molar-refractivity contribution in [2.75, 3.05) is 13.1 Å². The van der Waals surface area contributed by atoms with E-state index in [4.69, 9.17) is 0 Å². The van der Waals surface area contributed by atoms with Crippen molar-refractivity contribution in [2.45, 2.75) is 39.2 Å². The summed E-state index contributed by atoms with van der Waals surface area (Å²) in [6.07, 6.45) is 1.85. The lowest BCUT2D eigenvalue weighted by Gasteiger charge is -2.25. The molecule has 0 saturated heterocycles. The predicted octanol–water partition coefficient (Wildman–Crippen LogP) is 2.62. The summed E-state index contributed by atoms with van der Waals surface area (Å²) in [5.74, 6) is 0.529. The molecule has 0 aliphatic carbocycles. The van der Waals surface area contributed by atoms with Gasteiger partial charge >= 0.3 is 0 Å². The van der Waals surface area contributed by atoms with E-state index in [1.807, 2.05) is 13.0 Å². The fourth-order valence-electron chi connectivity index (χ4n) is 2.19. The molecule has 0 bridgehead atoms. The van der Waals surface area contributed by atoms with Gasteiger partial charge in [-0.3, -0.25) is 0 Å². The van der Waals surface area contributed by atoms with E-state index in [2.05, 4.69) is 43.4 Å². The molecule has 1 rings (SSSR count). The van der Waals surface area contributed by atoms with Crippen LogP contribution in [0.1, 0.15) is 32.8 Å². The monoisotopic (exact) mass is 235 g/mol. The Kier molecular flexibility index (Phi) is 5.66. The third-order valence-corrected chi connectivity index (χ3v) is 2.79. The zero-order chi connectivity index (χ0) is 12.7. The van der Waals surface area contributed by atoms with Crippen LogP contribution < -0.4 is 5.32 Å². The van der Waals surface area contributed by atoms with Crippen molar-refractivity contribution in [3.05, 3.63) is 35.9 Å². The smallest absolute Gasteiger partial charge is 0.0746 e. The van der Waals surface area contributed by atoms with Crippen LogP contribution in [0.25, 0.3) is 0 Å². The van der Waals surface area contributed by atoms with Gasteiger partial charge in [0.05, 0.1) is 5.60 Å². The molecule has 0 aliphatic heterocycles. The third-order valence-electron chi connectivity index (χ3n) is 2.79. The largest absolute Gasteiger partial charge is 0.389 e. The van der Waals surface area contributed by atoms with Crippen LogP contribution in [-0.2, 0) is 6.42 Å². The highest BCUT2D eigenvalue weighted by molar-refractivity contribution is 5.14. The highest BCUT2D eigenvalue weighted by Crippen LogP contribution is 2.14. The summed E-state index contributed by atoms with van der Waals surface area (Å²) in [7, 11) is 0. The summed E-state index contributed by atoms with van der Waals surface area (Å²) < 4.78 is 0. The first-order chi connectivity index (χ1) is 7.99. The Morgan fingerprint density at radius 2 is 1.88 bits per heavy atom. The number of nitrogens with one attached hydrogen (secondary N) is 1. The minimum absolute atomic E-state index is 0.529. The number of rotatable bonds is 7. The van der Waals surface area contributed by atoms with E-state index in [9.17, 15) is 5.11 Å². The summed E-state index contributed by atoms with van der Waals surface area (Å²) in [5, 5.41) is 13.4. The van der Waals surface area contributed by atoms with Crippen molar-refractivity contribution >= 4 is 0 Å². The number of hydrogen-bond acceptors (Lipinski definition) is 2. The highest BCUT2D eigenvalue weighted by Gasteiger charge is 2.20. The molecule has 0 aliphatic rings. The van der Waals surface area contributed by atoms with Crippen LogP contribution in [0.15, 0.2) is 30.3 Å². The Labute approximate surface area is 105 Å². The molecule has 1 atom stereocenters. The SMILES string of the molecule is CC(C)CC(C)(O)CNCCc1ccccc1. The van der Waals surface area contributed by atoms with Gasteiger partial charge in [0.2, 0.25) is 0 Å². The maximum absolute atomic E-state index is 10.1. The molecule has 1 aromatic rings. The van der Waals surface area contributed by atoms with E-state index >= 15 is 0 Å². The van der Waals surface area contributed by atoms with E-state index in [1.165, 1.54) is 5.56 Å². The van der Waals surface area contributed by atoms with Crippen LogP contribution in [0.3, 0.4) is 0 Å². The molecule has 1 aromatic carbocycles. The molecule has 2 N–H and O–H groups in total. The van der Waals surface area contributed by atoms with Crippen LogP contribution in [-0.4, -0.2) is 23.8 Å². The Bertz CT molecular complexity index is 306. The molecule has 0 aromatic heterocycles. The van der Waals surface area contributed by atoms with Crippen molar-refractivity contribution in [3.63, 3.8) is 0 Å². The number of benzene rings is 1. The fourth-order valence-corrected chi connectivity index (χ4v) is 2.19. The molecule has 0 spiro atoms. The molecule has 2 heteroatoms. The van der Waals surface area contributed by atoms with Crippen molar-refractivity contribution in [3.8, 4) is 0 Å². The van der Waals surface area contributed by atoms with Gasteiger partial charge in [-0.1, -0.05) is 44.2 Å². The van der Waals surface area contributed by atoms with Gasteiger partial charge in [-0.2, -0.15) is 0 Å². The molecular weight excluding hydrogens is 210 g/mol. The van der Waals surface area contributed by atoms with E-state index in [1.54, 1.807) is 0 Å². The Morgan fingerprint density at radius 1 is 1.24 bits per heavy atom. The lowest BCUT2D eigenvalue weighted by molar-refractivity contribution is 0.0389. The summed E-state index contributed by atoms with van der Waals surface area (Å²) in [5.41, 5.74) is 0.744. The molecule has 1 unspecified atom stereocenters. The average molecular weight is 235 g/mol. The van der Waals surface area contributed by atoms with Gasteiger partial charge in [0.1, 0.15) is 0 Å². The van der Waals surface area contributed by atoms with Crippen molar-refractivity contribution in [1.29, 1.82) is 0 Å². The van der Waals surface area contributed by atoms with Crippen LogP contribution in [0.2, 0.25) is 0 Å². The third kappa shape index (κ3) is 6.44. The maximum Gasteiger partial charge on any atom is 0.0746 e. The molecule has 0 saturated carbocycles. The molecule has 17 heavy (non-hydrogen) atoms. The van der Waals surface area contributed by atoms with E-state index < -0.39 is 5.60 Å². The van der Waals surface area contributed by atoms with Crippen molar-refractivity contribution < 1.29 is 5.11 Å². The van der Waals surface area contributed by atoms with E-state index in [0.29, 0.717) is 12.5 Å². The molecule has 0 fully saturated rings. The lowest BCUT2D eigenvalue weighted by atomic mass is 9.94. The normalized spacial score (nSPS) is 14.9. The van der Waals surface area contributed by atoms with Gasteiger partial charge in [0, 0.05) is 6.54 Å². The second kappa shape index (κ2) is 6.77. The molecular formula is C15H25NO. The minimum Gasteiger partial charge on any atom is -0.389 e. The first-order valence-corrected chi connectivity index (χ1v) is 6.47. The van der Waals surface area contributed by atoms with E-state index in [0.717, 1.165) is 19.4 Å². The fraction of sp³-hybridized carbons (Fsp3) is 0.600. The standard InChI is InChI=1S/C15H25NO/c1-13(2)11-15(3,17)12-16-10-9-14-7-5-4-6-8-14/h4-8,13,16-17H,9-12H2,1-3H3. The van der Waals surface area contributed by atoms with Gasteiger partial charge in [-0.25, -0.2) is 0 Å². The number of aliphatic hydroxyl groups is 1. The quantitative estimate of drug-likeness (QED) is 0.712. The molecule has 0 radical (unpaired) electrons. The second-order valence-electron chi connectivity index (χ2n) is 5.51. The number of hydrogen-bond donors (Lipinski definition) is 2. The van der Waals surface area contributed by atoms with Crippen LogP contribution >= 0.6 is 0 Å². The molecule has 2 nitrogen and oxygen atoms in total. The average Bonchev–Trinajstić information content (AvgIpc) is 2.24. The second-order valence-corrected chi connectivity index (χ2v) is 5.51.